The minimum absolute atomic E-state index is 0.563. The lowest BCUT2D eigenvalue weighted by atomic mass is 10.1. The van der Waals surface area contributed by atoms with Crippen molar-refractivity contribution < 1.29 is 14.2 Å². The molecule has 3 nitrogen and oxygen atoms in total. The highest BCUT2D eigenvalue weighted by atomic mass is 28.1. The summed E-state index contributed by atoms with van der Waals surface area (Å²) in [7, 11) is 2.09. The molecule has 0 amide bonds. The van der Waals surface area contributed by atoms with E-state index < -0.39 is 0 Å². The molecular weight excluding hydrogens is 296 g/mol. The first-order valence-corrected chi connectivity index (χ1v) is 10.3. The van der Waals surface area contributed by atoms with Crippen LogP contribution in [0.3, 0.4) is 0 Å². The highest BCUT2D eigenvalue weighted by molar-refractivity contribution is 6.22. The molecule has 0 bridgehead atoms. The van der Waals surface area contributed by atoms with E-state index in [1.54, 1.807) is 10.8 Å². The van der Waals surface area contributed by atoms with Gasteiger partial charge in [0, 0.05) is 10.2 Å². The van der Waals surface area contributed by atoms with Crippen LogP contribution in [0.15, 0.2) is 22.1 Å². The Labute approximate surface area is 138 Å². The standard InChI is InChI=1S/C8H18O3Si.C8H18Si/c1-4-9-7(10-5-2)8(12)11-6-3;1-4-7(5-2)8(9)6-3/h4-6H2,1-3,12H3;4-6H2,1-3,9H3. The molecule has 21 heavy (non-hydrogen) atoms. The molecule has 0 rings (SSSR count). The summed E-state index contributed by atoms with van der Waals surface area (Å²) in [5, 5.41) is 2.57. The molecule has 0 N–H and O–H groups in total. The SMILES string of the molecule is CCC([SiH3])=C(CC)CC.CCOC([SiH3])=C(OCC)OCC. The molecule has 0 aliphatic heterocycles. The summed E-state index contributed by atoms with van der Waals surface area (Å²) in [6, 6.07) is 0. The van der Waals surface area contributed by atoms with Crippen molar-refractivity contribution in [3.63, 3.8) is 0 Å². The first-order chi connectivity index (χ1) is 10.0. The van der Waals surface area contributed by atoms with E-state index in [2.05, 4.69) is 20.8 Å². The van der Waals surface area contributed by atoms with Gasteiger partial charge in [0.05, 0.1) is 30.1 Å². The summed E-state index contributed by atoms with van der Waals surface area (Å²) < 4.78 is 15.8. The van der Waals surface area contributed by atoms with Crippen molar-refractivity contribution in [1.82, 2.24) is 0 Å². The van der Waals surface area contributed by atoms with E-state index in [0.717, 1.165) is 15.6 Å². The monoisotopic (exact) mass is 332 g/mol. The zero-order valence-electron chi connectivity index (χ0n) is 15.5. The number of hydrogen-bond donors (Lipinski definition) is 0. The van der Waals surface area contributed by atoms with E-state index in [0.29, 0.717) is 25.8 Å². The van der Waals surface area contributed by atoms with Gasteiger partial charge in [-0.05, 0) is 40.0 Å². The summed E-state index contributed by atoms with van der Waals surface area (Å²) in [5.41, 5.74) is 1.70. The van der Waals surface area contributed by atoms with Crippen molar-refractivity contribution >= 4 is 20.5 Å². The molecule has 0 atom stereocenters. The molecule has 0 fully saturated rings. The van der Waals surface area contributed by atoms with Gasteiger partial charge < -0.3 is 14.2 Å². The van der Waals surface area contributed by atoms with Crippen molar-refractivity contribution in [3.05, 3.63) is 22.1 Å². The molecule has 0 aromatic carbocycles. The van der Waals surface area contributed by atoms with Gasteiger partial charge in [-0.2, -0.15) is 0 Å². The van der Waals surface area contributed by atoms with E-state index in [1.165, 1.54) is 29.5 Å². The highest BCUT2D eigenvalue weighted by Gasteiger charge is 2.03. The van der Waals surface area contributed by atoms with E-state index in [9.17, 15) is 0 Å². The molecule has 5 heteroatoms. The maximum atomic E-state index is 5.30. The molecule has 0 aromatic rings. The van der Waals surface area contributed by atoms with Gasteiger partial charge in [0.2, 0.25) is 0 Å². The zero-order valence-corrected chi connectivity index (χ0v) is 19.5. The molecule has 0 saturated heterocycles. The summed E-state index contributed by atoms with van der Waals surface area (Å²) >= 11 is 0. The van der Waals surface area contributed by atoms with Gasteiger partial charge in [0.15, 0.2) is 0 Å². The van der Waals surface area contributed by atoms with Crippen molar-refractivity contribution in [2.45, 2.75) is 60.8 Å². The van der Waals surface area contributed by atoms with Gasteiger partial charge in [0.1, 0.15) is 5.38 Å². The molecule has 0 unspecified atom stereocenters. The number of rotatable bonds is 9. The third kappa shape index (κ3) is 11.6. The Morgan fingerprint density at radius 1 is 0.667 bits per heavy atom. The zero-order chi connectivity index (χ0) is 16.7. The van der Waals surface area contributed by atoms with Crippen LogP contribution in [-0.4, -0.2) is 40.3 Å². The highest BCUT2D eigenvalue weighted by Crippen LogP contribution is 2.11. The Balaban J connectivity index is 0. The van der Waals surface area contributed by atoms with E-state index in [4.69, 9.17) is 14.2 Å². The first-order valence-electron chi connectivity index (χ1n) is 8.28. The Bertz CT molecular complexity index is 299. The molecule has 0 aliphatic carbocycles. The Morgan fingerprint density at radius 3 is 1.33 bits per heavy atom. The van der Waals surface area contributed by atoms with Crippen LogP contribution < -0.4 is 0 Å². The molecule has 0 aromatic heterocycles. The predicted octanol–water partition coefficient (Wildman–Crippen LogP) is 2.42. The summed E-state index contributed by atoms with van der Waals surface area (Å²) in [5.74, 6) is 0.563. The lowest BCUT2D eigenvalue weighted by Gasteiger charge is -2.12. The van der Waals surface area contributed by atoms with Crippen molar-refractivity contribution in [1.29, 1.82) is 0 Å². The van der Waals surface area contributed by atoms with Crippen LogP contribution in [0.2, 0.25) is 0 Å². The third-order valence-corrected chi connectivity index (χ3v) is 5.30. The average Bonchev–Trinajstić information content (AvgIpc) is 2.49. The number of hydrogen-bond acceptors (Lipinski definition) is 3. The van der Waals surface area contributed by atoms with Gasteiger partial charge in [-0.3, -0.25) is 0 Å². The third-order valence-electron chi connectivity index (χ3n) is 3.19. The Hall–Kier alpha value is -0.686. The van der Waals surface area contributed by atoms with Crippen LogP contribution in [0, 0.1) is 0 Å². The fourth-order valence-electron chi connectivity index (χ4n) is 1.89. The van der Waals surface area contributed by atoms with Gasteiger partial charge in [0.25, 0.3) is 0 Å². The minimum Gasteiger partial charge on any atom is -0.497 e. The number of allylic oxidation sites excluding steroid dienone is 2. The average molecular weight is 333 g/mol. The van der Waals surface area contributed by atoms with E-state index in [-0.39, 0.29) is 0 Å². The van der Waals surface area contributed by atoms with Crippen LogP contribution in [-0.2, 0) is 14.2 Å². The van der Waals surface area contributed by atoms with Gasteiger partial charge in [-0.1, -0.05) is 31.5 Å². The second kappa shape index (κ2) is 15.7. The minimum atomic E-state index is 0.563. The summed E-state index contributed by atoms with van der Waals surface area (Å²) in [4.78, 5) is 0. The first kappa shape index (κ1) is 22.6. The number of ether oxygens (including phenoxy) is 3. The van der Waals surface area contributed by atoms with Crippen LogP contribution in [0.1, 0.15) is 60.8 Å². The molecule has 126 valence electrons. The predicted molar refractivity (Wildman–Crippen MR) is 99.7 cm³/mol. The van der Waals surface area contributed by atoms with Gasteiger partial charge in [-0.25, -0.2) is 0 Å². The topological polar surface area (TPSA) is 27.7 Å². The van der Waals surface area contributed by atoms with Crippen molar-refractivity contribution in [2.75, 3.05) is 19.8 Å². The molecule has 0 radical (unpaired) electrons. The van der Waals surface area contributed by atoms with Crippen LogP contribution >= 0.6 is 0 Å². The summed E-state index contributed by atoms with van der Waals surface area (Å²) in [6.07, 6.45) is 3.82. The fourth-order valence-corrected chi connectivity index (χ4v) is 3.17. The summed E-state index contributed by atoms with van der Waals surface area (Å²) in [6.45, 7) is 14.5. The van der Waals surface area contributed by atoms with Crippen LogP contribution in [0.25, 0.3) is 0 Å². The van der Waals surface area contributed by atoms with Gasteiger partial charge >= 0.3 is 5.95 Å². The van der Waals surface area contributed by atoms with E-state index in [1.807, 2.05) is 20.8 Å². The van der Waals surface area contributed by atoms with Crippen LogP contribution in [0.5, 0.6) is 0 Å². The molecule has 0 heterocycles. The van der Waals surface area contributed by atoms with E-state index >= 15 is 0 Å². The molecule has 0 aliphatic rings. The van der Waals surface area contributed by atoms with Crippen molar-refractivity contribution in [3.8, 4) is 0 Å². The molecular formula is C16H36O3Si2. The lowest BCUT2D eigenvalue weighted by Crippen LogP contribution is -2.05. The second-order valence-corrected chi connectivity index (χ2v) is 6.70. The van der Waals surface area contributed by atoms with Gasteiger partial charge in [-0.15, -0.1) is 0 Å². The fraction of sp³-hybridized carbons (Fsp3) is 0.750. The maximum Gasteiger partial charge on any atom is 0.312 e. The molecule has 0 saturated carbocycles. The molecule has 0 spiro atoms. The Morgan fingerprint density at radius 2 is 1.10 bits per heavy atom. The largest absolute Gasteiger partial charge is 0.497 e. The second-order valence-electron chi connectivity index (χ2n) is 4.59. The Kier molecular flexibility index (Phi) is 16.9. The van der Waals surface area contributed by atoms with Crippen molar-refractivity contribution in [2.24, 2.45) is 0 Å². The lowest BCUT2D eigenvalue weighted by molar-refractivity contribution is 0.0288. The maximum absolute atomic E-state index is 5.30. The van der Waals surface area contributed by atoms with Crippen LogP contribution in [0.4, 0.5) is 0 Å². The quantitative estimate of drug-likeness (QED) is 0.479. The normalized spacial score (nSPS) is 9.43. The smallest absolute Gasteiger partial charge is 0.312 e.